The second-order valence-corrected chi connectivity index (χ2v) is 6.36. The van der Waals surface area contributed by atoms with Crippen molar-refractivity contribution in [2.24, 2.45) is 0 Å². The van der Waals surface area contributed by atoms with Gasteiger partial charge in [-0.25, -0.2) is 0 Å². The first kappa shape index (κ1) is 13.4. The molecule has 1 aromatic rings. The molecule has 1 heterocycles. The summed E-state index contributed by atoms with van der Waals surface area (Å²) < 4.78 is 5.73. The Morgan fingerprint density at radius 2 is 2.21 bits per heavy atom. The fourth-order valence-corrected chi connectivity index (χ4v) is 3.46. The largest absolute Gasteiger partial charge is 0.377 e. The van der Waals surface area contributed by atoms with E-state index in [1.807, 2.05) is 12.1 Å². The predicted octanol–water partition coefficient (Wildman–Crippen LogP) is 3.74. The number of benzene rings is 1. The van der Waals surface area contributed by atoms with Gasteiger partial charge in [-0.15, -0.1) is 0 Å². The smallest absolute Gasteiger partial charge is 0.0726 e. The number of rotatable bonds is 4. The van der Waals surface area contributed by atoms with Crippen molar-refractivity contribution in [3.05, 3.63) is 34.9 Å². The summed E-state index contributed by atoms with van der Waals surface area (Å²) >= 11 is 6.04. The van der Waals surface area contributed by atoms with Gasteiger partial charge in [0, 0.05) is 23.7 Å². The van der Waals surface area contributed by atoms with Crippen molar-refractivity contribution >= 4 is 11.6 Å². The number of halogens is 1. The number of hydrogen-bond donors (Lipinski definition) is 1. The van der Waals surface area contributed by atoms with Crippen molar-refractivity contribution in [1.29, 1.82) is 0 Å². The summed E-state index contributed by atoms with van der Waals surface area (Å²) in [5.74, 6) is 0.674. The van der Waals surface area contributed by atoms with E-state index in [1.54, 1.807) is 0 Å². The van der Waals surface area contributed by atoms with Crippen LogP contribution in [0, 0.1) is 0 Å². The lowest BCUT2D eigenvalue weighted by molar-refractivity contribution is 0.0731. The topological polar surface area (TPSA) is 21.3 Å². The third-order valence-electron chi connectivity index (χ3n) is 4.48. The number of ether oxygens (including phenoxy) is 1. The van der Waals surface area contributed by atoms with Gasteiger partial charge >= 0.3 is 0 Å². The van der Waals surface area contributed by atoms with Crippen molar-refractivity contribution in [1.82, 2.24) is 5.32 Å². The van der Waals surface area contributed by atoms with E-state index in [4.69, 9.17) is 16.3 Å². The van der Waals surface area contributed by atoms with E-state index in [0.29, 0.717) is 24.1 Å². The van der Waals surface area contributed by atoms with Crippen LogP contribution < -0.4 is 5.32 Å². The maximum atomic E-state index is 6.04. The molecule has 19 heavy (non-hydrogen) atoms. The number of hydrogen-bond acceptors (Lipinski definition) is 2. The maximum Gasteiger partial charge on any atom is 0.0726 e. The Kier molecular flexibility index (Phi) is 4.11. The summed E-state index contributed by atoms with van der Waals surface area (Å²) in [6.45, 7) is 3.19. The highest BCUT2D eigenvalue weighted by atomic mass is 35.5. The minimum absolute atomic E-state index is 0.421. The molecule has 0 aromatic heterocycles. The van der Waals surface area contributed by atoms with Crippen molar-refractivity contribution in [2.75, 3.05) is 6.61 Å². The molecule has 1 saturated heterocycles. The van der Waals surface area contributed by atoms with Crippen LogP contribution in [-0.4, -0.2) is 24.8 Å². The van der Waals surface area contributed by atoms with E-state index in [2.05, 4.69) is 24.4 Å². The van der Waals surface area contributed by atoms with Gasteiger partial charge in [-0.1, -0.05) is 23.7 Å². The molecule has 0 bridgehead atoms. The van der Waals surface area contributed by atoms with E-state index in [-0.39, 0.29) is 0 Å². The second-order valence-electron chi connectivity index (χ2n) is 5.93. The van der Waals surface area contributed by atoms with Gasteiger partial charge in [0.05, 0.1) is 6.10 Å². The fraction of sp³-hybridized carbons (Fsp3) is 0.625. The molecule has 104 valence electrons. The van der Waals surface area contributed by atoms with Gasteiger partial charge < -0.3 is 10.1 Å². The molecular weight excluding hydrogens is 258 g/mol. The first-order chi connectivity index (χ1) is 9.22. The van der Waals surface area contributed by atoms with Crippen LogP contribution in [0.25, 0.3) is 0 Å². The van der Waals surface area contributed by atoms with Crippen LogP contribution in [0.1, 0.15) is 44.1 Å². The molecule has 3 heteroatoms. The molecule has 0 radical (unpaired) electrons. The molecule has 1 aromatic carbocycles. The zero-order chi connectivity index (χ0) is 13.2. The van der Waals surface area contributed by atoms with Gasteiger partial charge in [0.15, 0.2) is 0 Å². The van der Waals surface area contributed by atoms with Crippen LogP contribution in [-0.2, 0) is 4.74 Å². The lowest BCUT2D eigenvalue weighted by Gasteiger charge is -2.39. The van der Waals surface area contributed by atoms with E-state index >= 15 is 0 Å². The molecule has 1 aliphatic heterocycles. The monoisotopic (exact) mass is 279 g/mol. The summed E-state index contributed by atoms with van der Waals surface area (Å²) in [7, 11) is 0. The van der Waals surface area contributed by atoms with E-state index in [0.717, 1.165) is 11.6 Å². The maximum absolute atomic E-state index is 6.04. The molecule has 0 spiro atoms. The Hall–Kier alpha value is -0.570. The Morgan fingerprint density at radius 1 is 1.37 bits per heavy atom. The third kappa shape index (κ3) is 3.13. The highest BCUT2D eigenvalue weighted by Crippen LogP contribution is 2.38. The normalized spacial score (nSPS) is 32.0. The first-order valence-electron chi connectivity index (χ1n) is 7.35. The molecule has 1 saturated carbocycles. The minimum Gasteiger partial charge on any atom is -0.377 e. The summed E-state index contributed by atoms with van der Waals surface area (Å²) in [5, 5.41) is 4.56. The highest BCUT2D eigenvalue weighted by molar-refractivity contribution is 6.30. The highest BCUT2D eigenvalue weighted by Gasteiger charge is 2.33. The average molecular weight is 280 g/mol. The van der Waals surface area contributed by atoms with Crippen LogP contribution in [0.5, 0.6) is 0 Å². The van der Waals surface area contributed by atoms with Crippen LogP contribution in [0.4, 0.5) is 0 Å². The molecule has 2 aliphatic rings. The third-order valence-corrected chi connectivity index (χ3v) is 4.71. The van der Waals surface area contributed by atoms with Gasteiger partial charge in [-0.3, -0.25) is 0 Å². The van der Waals surface area contributed by atoms with Gasteiger partial charge in [0.2, 0.25) is 0 Å². The molecule has 1 aliphatic carbocycles. The van der Waals surface area contributed by atoms with E-state index < -0.39 is 0 Å². The average Bonchev–Trinajstić information content (AvgIpc) is 2.86. The summed E-state index contributed by atoms with van der Waals surface area (Å²) in [4.78, 5) is 0. The van der Waals surface area contributed by atoms with Crippen molar-refractivity contribution < 1.29 is 4.74 Å². The Bertz CT molecular complexity index is 425. The fourth-order valence-electron chi connectivity index (χ4n) is 3.26. The lowest BCUT2D eigenvalue weighted by atomic mass is 9.75. The Balaban J connectivity index is 1.47. The summed E-state index contributed by atoms with van der Waals surface area (Å²) in [6, 6.07) is 9.41. The zero-order valence-corrected chi connectivity index (χ0v) is 12.2. The molecule has 3 rings (SSSR count). The lowest BCUT2D eigenvalue weighted by Crippen LogP contribution is -2.48. The van der Waals surface area contributed by atoms with Gasteiger partial charge in [0.1, 0.15) is 0 Å². The Labute approximate surface area is 120 Å². The van der Waals surface area contributed by atoms with Gasteiger partial charge in [0.25, 0.3) is 0 Å². The molecule has 2 nitrogen and oxygen atoms in total. The van der Waals surface area contributed by atoms with Crippen molar-refractivity contribution in [3.63, 3.8) is 0 Å². The molecule has 2 atom stereocenters. The van der Waals surface area contributed by atoms with Crippen molar-refractivity contribution in [2.45, 2.75) is 56.7 Å². The van der Waals surface area contributed by atoms with Gasteiger partial charge in [-0.05, 0) is 56.2 Å². The predicted molar refractivity (Wildman–Crippen MR) is 78.8 cm³/mol. The standard InChI is InChI=1S/C16H22ClNO/c1-11(16-6-3-7-19-16)18-15-9-13(10-15)12-4-2-5-14(17)8-12/h2,4-5,8,11,13,15-16,18H,3,6-7,9-10H2,1H3. The van der Waals surface area contributed by atoms with E-state index in [1.165, 1.54) is 31.2 Å². The second kappa shape index (κ2) is 5.82. The summed E-state index contributed by atoms with van der Waals surface area (Å²) in [5.41, 5.74) is 1.38. The van der Waals surface area contributed by atoms with Crippen LogP contribution >= 0.6 is 11.6 Å². The quantitative estimate of drug-likeness (QED) is 0.906. The molecule has 1 N–H and O–H groups in total. The summed E-state index contributed by atoms with van der Waals surface area (Å²) in [6.07, 6.45) is 5.28. The molecular formula is C16H22ClNO. The SMILES string of the molecule is CC(NC1CC(c2cccc(Cl)c2)C1)C1CCCO1. The molecule has 2 fully saturated rings. The molecule has 0 amide bonds. The van der Waals surface area contributed by atoms with Crippen LogP contribution in [0.2, 0.25) is 5.02 Å². The van der Waals surface area contributed by atoms with Crippen molar-refractivity contribution in [3.8, 4) is 0 Å². The Morgan fingerprint density at radius 3 is 2.89 bits per heavy atom. The van der Waals surface area contributed by atoms with Gasteiger partial charge in [-0.2, -0.15) is 0 Å². The zero-order valence-electron chi connectivity index (χ0n) is 11.4. The minimum atomic E-state index is 0.421. The molecule has 2 unspecified atom stereocenters. The number of nitrogens with one attached hydrogen (secondary N) is 1. The van der Waals surface area contributed by atoms with Crippen LogP contribution in [0.15, 0.2) is 24.3 Å². The first-order valence-corrected chi connectivity index (χ1v) is 7.73. The van der Waals surface area contributed by atoms with E-state index in [9.17, 15) is 0 Å². The van der Waals surface area contributed by atoms with Crippen LogP contribution in [0.3, 0.4) is 0 Å².